The molecule has 0 spiro atoms. The highest BCUT2D eigenvalue weighted by Gasteiger charge is 2.39. The van der Waals surface area contributed by atoms with E-state index in [-0.39, 0.29) is 5.54 Å². The van der Waals surface area contributed by atoms with Gasteiger partial charge in [0.1, 0.15) is 0 Å². The van der Waals surface area contributed by atoms with E-state index >= 15 is 0 Å². The maximum Gasteiger partial charge on any atom is 0.268 e. The van der Waals surface area contributed by atoms with Crippen molar-refractivity contribution >= 4 is 11.9 Å². The second-order valence-corrected chi connectivity index (χ2v) is 5.70. The monoisotopic (exact) mass is 297 g/mol. The molecule has 0 aliphatic heterocycles. The molecule has 6 nitrogen and oxygen atoms in total. The Balaban J connectivity index is 1.82. The molecule has 3 rings (SSSR count). The molecule has 0 bridgehead atoms. The van der Waals surface area contributed by atoms with Crippen molar-refractivity contribution in [3.8, 4) is 0 Å². The van der Waals surface area contributed by atoms with E-state index in [9.17, 15) is 4.79 Å². The molecular formula is C16H19N5O. The summed E-state index contributed by atoms with van der Waals surface area (Å²) in [6.07, 6.45) is 6.21. The molecule has 4 N–H and O–H groups in total. The normalized spacial score (nSPS) is 15.7. The zero-order valence-corrected chi connectivity index (χ0v) is 12.5. The van der Waals surface area contributed by atoms with Crippen LogP contribution < -0.4 is 16.6 Å². The third-order valence-corrected chi connectivity index (χ3v) is 4.17. The lowest BCUT2D eigenvalue weighted by Gasteiger charge is -2.43. The molecule has 0 saturated heterocycles. The number of aryl methyl sites for hydroxylation is 1. The molecule has 6 heteroatoms. The molecule has 22 heavy (non-hydrogen) atoms. The molecule has 1 saturated carbocycles. The van der Waals surface area contributed by atoms with Gasteiger partial charge in [0.05, 0.1) is 11.1 Å². The molecule has 1 amide bonds. The van der Waals surface area contributed by atoms with Crippen LogP contribution in [0.5, 0.6) is 0 Å². The minimum atomic E-state index is -0.399. The van der Waals surface area contributed by atoms with Gasteiger partial charge in [-0.3, -0.25) is 10.2 Å². The van der Waals surface area contributed by atoms with E-state index in [4.69, 9.17) is 5.84 Å². The molecule has 0 radical (unpaired) electrons. The standard InChI is InChI=1S/C16H19N5O/c1-11-4-2-5-13(8-11)16(6-3-7-16)20-15-18-9-12(10-19-15)14(22)21-17/h2,4-5,8-10H,3,6-7,17H2,1H3,(H,21,22)(H,18,19,20). The molecule has 1 aliphatic carbocycles. The zero-order valence-electron chi connectivity index (χ0n) is 12.5. The van der Waals surface area contributed by atoms with Gasteiger partial charge in [-0.1, -0.05) is 29.8 Å². The molecule has 0 unspecified atom stereocenters. The Morgan fingerprint density at radius 2 is 2.00 bits per heavy atom. The number of rotatable bonds is 4. The highest BCUT2D eigenvalue weighted by molar-refractivity contribution is 5.93. The molecule has 0 atom stereocenters. The Hall–Kier alpha value is -2.47. The molecule has 1 aromatic carbocycles. The van der Waals surface area contributed by atoms with Crippen LogP contribution in [0.15, 0.2) is 36.7 Å². The summed E-state index contributed by atoms with van der Waals surface area (Å²) in [5, 5.41) is 3.43. The first-order chi connectivity index (χ1) is 10.6. The number of amides is 1. The summed E-state index contributed by atoms with van der Waals surface area (Å²) >= 11 is 0. The molecule has 1 heterocycles. The van der Waals surface area contributed by atoms with E-state index in [1.165, 1.54) is 29.9 Å². The lowest BCUT2D eigenvalue weighted by atomic mass is 9.71. The first kappa shape index (κ1) is 14.5. The molecular weight excluding hydrogens is 278 g/mol. The number of nitrogens with two attached hydrogens (primary N) is 1. The van der Waals surface area contributed by atoms with Crippen LogP contribution in [-0.2, 0) is 5.54 Å². The third-order valence-electron chi connectivity index (χ3n) is 4.17. The quantitative estimate of drug-likeness (QED) is 0.455. The second kappa shape index (κ2) is 5.73. The van der Waals surface area contributed by atoms with Crippen molar-refractivity contribution < 1.29 is 4.79 Å². The highest BCUT2D eigenvalue weighted by atomic mass is 16.2. The van der Waals surface area contributed by atoms with E-state index in [0.29, 0.717) is 11.5 Å². The van der Waals surface area contributed by atoms with Gasteiger partial charge in [-0.25, -0.2) is 15.8 Å². The summed E-state index contributed by atoms with van der Waals surface area (Å²) in [6, 6.07) is 8.49. The van der Waals surface area contributed by atoms with Crippen LogP contribution in [-0.4, -0.2) is 15.9 Å². The van der Waals surface area contributed by atoms with E-state index in [1.807, 2.05) is 0 Å². The first-order valence-electron chi connectivity index (χ1n) is 7.31. The van der Waals surface area contributed by atoms with E-state index in [1.54, 1.807) is 0 Å². The summed E-state index contributed by atoms with van der Waals surface area (Å²) in [6.45, 7) is 2.09. The number of hydrogen-bond donors (Lipinski definition) is 3. The largest absolute Gasteiger partial charge is 0.345 e. The molecule has 1 aliphatic rings. The van der Waals surface area contributed by atoms with Crippen LogP contribution in [0.25, 0.3) is 0 Å². The van der Waals surface area contributed by atoms with Crippen molar-refractivity contribution in [3.63, 3.8) is 0 Å². The van der Waals surface area contributed by atoms with Gasteiger partial charge < -0.3 is 5.32 Å². The molecule has 114 valence electrons. The number of benzene rings is 1. The predicted molar refractivity (Wildman–Crippen MR) is 84.0 cm³/mol. The van der Waals surface area contributed by atoms with Crippen LogP contribution in [0.3, 0.4) is 0 Å². The Kier molecular flexibility index (Phi) is 3.77. The summed E-state index contributed by atoms with van der Waals surface area (Å²) in [5.74, 6) is 5.22. The third kappa shape index (κ3) is 2.65. The number of hydrazine groups is 1. The number of anilines is 1. The summed E-state index contributed by atoms with van der Waals surface area (Å²) in [4.78, 5) is 19.8. The lowest BCUT2D eigenvalue weighted by molar-refractivity contribution is 0.0953. The second-order valence-electron chi connectivity index (χ2n) is 5.70. The fraction of sp³-hybridized carbons (Fsp3) is 0.312. The highest BCUT2D eigenvalue weighted by Crippen LogP contribution is 2.43. The Morgan fingerprint density at radius 1 is 1.27 bits per heavy atom. The van der Waals surface area contributed by atoms with Gasteiger partial charge in [0, 0.05) is 12.4 Å². The van der Waals surface area contributed by atoms with E-state index in [2.05, 4.69) is 51.9 Å². The Labute approximate surface area is 129 Å². The smallest absolute Gasteiger partial charge is 0.268 e. The minimum absolute atomic E-state index is 0.107. The number of nitrogens with zero attached hydrogens (tertiary/aromatic N) is 2. The van der Waals surface area contributed by atoms with E-state index < -0.39 is 5.91 Å². The van der Waals surface area contributed by atoms with Gasteiger partial charge in [0.15, 0.2) is 0 Å². The fourth-order valence-corrected chi connectivity index (χ4v) is 2.77. The number of hydrogen-bond acceptors (Lipinski definition) is 5. The van der Waals surface area contributed by atoms with E-state index in [0.717, 1.165) is 12.8 Å². The van der Waals surface area contributed by atoms with Crippen molar-refractivity contribution in [3.05, 3.63) is 53.3 Å². The number of carbonyl (C=O) groups is 1. The van der Waals surface area contributed by atoms with Crippen molar-refractivity contribution in [2.45, 2.75) is 31.7 Å². The Bertz CT molecular complexity index is 679. The number of nitrogen functional groups attached to an aromatic ring is 1. The van der Waals surface area contributed by atoms with Crippen LogP contribution in [0, 0.1) is 6.92 Å². The molecule has 1 aromatic heterocycles. The van der Waals surface area contributed by atoms with Gasteiger partial charge in [0.25, 0.3) is 5.91 Å². The van der Waals surface area contributed by atoms with Crippen molar-refractivity contribution in [1.82, 2.24) is 15.4 Å². The van der Waals surface area contributed by atoms with Crippen molar-refractivity contribution in [2.24, 2.45) is 5.84 Å². The zero-order chi connectivity index (χ0) is 15.6. The fourth-order valence-electron chi connectivity index (χ4n) is 2.77. The predicted octanol–water partition coefficient (Wildman–Crippen LogP) is 1.88. The topological polar surface area (TPSA) is 92.9 Å². The average molecular weight is 297 g/mol. The van der Waals surface area contributed by atoms with Crippen LogP contribution in [0.4, 0.5) is 5.95 Å². The summed E-state index contributed by atoms with van der Waals surface area (Å²) in [5.41, 5.74) is 4.79. The SMILES string of the molecule is Cc1cccc(C2(Nc3ncc(C(=O)NN)cn3)CCC2)c1. The van der Waals surface area contributed by atoms with Crippen LogP contribution in [0.2, 0.25) is 0 Å². The van der Waals surface area contributed by atoms with Gasteiger partial charge >= 0.3 is 0 Å². The molecule has 1 fully saturated rings. The lowest BCUT2D eigenvalue weighted by Crippen LogP contribution is -2.42. The summed E-state index contributed by atoms with van der Waals surface area (Å²) in [7, 11) is 0. The van der Waals surface area contributed by atoms with Gasteiger partial charge in [0.2, 0.25) is 5.95 Å². The van der Waals surface area contributed by atoms with Gasteiger partial charge in [-0.2, -0.15) is 0 Å². The summed E-state index contributed by atoms with van der Waals surface area (Å²) < 4.78 is 0. The minimum Gasteiger partial charge on any atom is -0.345 e. The van der Waals surface area contributed by atoms with Gasteiger partial charge in [-0.15, -0.1) is 0 Å². The number of nitrogens with one attached hydrogen (secondary N) is 2. The molecule has 2 aromatic rings. The first-order valence-corrected chi connectivity index (χ1v) is 7.31. The number of aromatic nitrogens is 2. The van der Waals surface area contributed by atoms with Crippen LogP contribution in [0.1, 0.15) is 40.7 Å². The van der Waals surface area contributed by atoms with Crippen molar-refractivity contribution in [1.29, 1.82) is 0 Å². The van der Waals surface area contributed by atoms with Gasteiger partial charge in [-0.05, 0) is 31.7 Å². The Morgan fingerprint density at radius 3 is 2.55 bits per heavy atom. The van der Waals surface area contributed by atoms with Crippen LogP contribution >= 0.6 is 0 Å². The maximum atomic E-state index is 11.4. The maximum absolute atomic E-state index is 11.4. The van der Waals surface area contributed by atoms with Crippen molar-refractivity contribution in [2.75, 3.05) is 5.32 Å². The number of carbonyl (C=O) groups excluding carboxylic acids is 1. The average Bonchev–Trinajstić information content (AvgIpc) is 2.50.